The highest BCUT2D eigenvalue weighted by Gasteiger charge is 2.20. The highest BCUT2D eigenvalue weighted by atomic mass is 79.9. The Bertz CT molecular complexity index is 657. The number of aromatic nitrogens is 2. The van der Waals surface area contributed by atoms with E-state index < -0.39 is 0 Å². The van der Waals surface area contributed by atoms with E-state index >= 15 is 0 Å². The van der Waals surface area contributed by atoms with E-state index in [2.05, 4.69) is 31.7 Å². The molecule has 0 unspecified atom stereocenters. The number of carbonyl (C=O) groups is 1. The van der Waals surface area contributed by atoms with Crippen LogP contribution in [0.5, 0.6) is 0 Å². The fraction of sp³-hybridized carbons (Fsp3) is 0.375. The fourth-order valence-electron chi connectivity index (χ4n) is 2.27. The SMILES string of the molecule is Cl.O=C(CNCC1CC1)Nc1ccnn1Cc1cccc(Br)c1. The molecule has 7 heteroatoms. The zero-order valence-corrected chi connectivity index (χ0v) is 15.1. The Morgan fingerprint density at radius 1 is 1.35 bits per heavy atom. The molecule has 0 spiro atoms. The van der Waals surface area contributed by atoms with Crippen LogP contribution in [0.1, 0.15) is 18.4 Å². The third-order valence-electron chi connectivity index (χ3n) is 3.62. The normalized spacial score (nSPS) is 13.4. The molecule has 5 nitrogen and oxygen atoms in total. The quantitative estimate of drug-likeness (QED) is 0.752. The van der Waals surface area contributed by atoms with Gasteiger partial charge in [0.25, 0.3) is 0 Å². The molecule has 0 saturated heterocycles. The second-order valence-electron chi connectivity index (χ2n) is 5.63. The first-order chi connectivity index (χ1) is 10.7. The predicted molar refractivity (Wildman–Crippen MR) is 96.9 cm³/mol. The summed E-state index contributed by atoms with van der Waals surface area (Å²) in [6, 6.07) is 9.88. The van der Waals surface area contributed by atoms with Crippen LogP contribution < -0.4 is 10.6 Å². The van der Waals surface area contributed by atoms with Gasteiger partial charge in [-0.05, 0) is 43.0 Å². The minimum Gasteiger partial charge on any atom is -0.310 e. The number of carbonyl (C=O) groups excluding carboxylic acids is 1. The number of hydrogen-bond acceptors (Lipinski definition) is 3. The van der Waals surface area contributed by atoms with Gasteiger partial charge >= 0.3 is 0 Å². The second kappa shape index (κ2) is 8.47. The van der Waals surface area contributed by atoms with Gasteiger partial charge in [0, 0.05) is 10.5 Å². The Labute approximate surface area is 150 Å². The number of benzene rings is 1. The maximum absolute atomic E-state index is 11.9. The fourth-order valence-corrected chi connectivity index (χ4v) is 2.72. The minimum atomic E-state index is -0.0309. The van der Waals surface area contributed by atoms with Crippen LogP contribution in [0, 0.1) is 5.92 Å². The molecule has 3 rings (SSSR count). The number of hydrogen-bond donors (Lipinski definition) is 2. The van der Waals surface area contributed by atoms with Crippen LogP contribution in [0.4, 0.5) is 5.82 Å². The molecule has 1 aliphatic carbocycles. The van der Waals surface area contributed by atoms with E-state index in [4.69, 9.17) is 0 Å². The summed E-state index contributed by atoms with van der Waals surface area (Å²) in [6.07, 6.45) is 4.27. The van der Waals surface area contributed by atoms with Crippen molar-refractivity contribution in [2.45, 2.75) is 19.4 Å². The van der Waals surface area contributed by atoms with Crippen molar-refractivity contribution in [3.8, 4) is 0 Å². The first-order valence-electron chi connectivity index (χ1n) is 7.47. The summed E-state index contributed by atoms with van der Waals surface area (Å²) in [7, 11) is 0. The Kier molecular flexibility index (Phi) is 6.62. The van der Waals surface area contributed by atoms with Crippen molar-refractivity contribution in [1.29, 1.82) is 0 Å². The van der Waals surface area contributed by atoms with Gasteiger partial charge in [0.15, 0.2) is 0 Å². The topological polar surface area (TPSA) is 59.0 Å². The maximum Gasteiger partial charge on any atom is 0.239 e. The number of amides is 1. The van der Waals surface area contributed by atoms with Crippen molar-refractivity contribution in [2.75, 3.05) is 18.4 Å². The molecule has 2 aromatic rings. The molecule has 0 aliphatic heterocycles. The number of anilines is 1. The molecule has 1 heterocycles. The molecule has 2 N–H and O–H groups in total. The predicted octanol–water partition coefficient (Wildman–Crippen LogP) is 3.05. The van der Waals surface area contributed by atoms with Crippen LogP contribution in [0.2, 0.25) is 0 Å². The molecule has 1 fully saturated rings. The van der Waals surface area contributed by atoms with E-state index in [0.717, 1.165) is 28.3 Å². The molecular formula is C16H20BrClN4O. The molecule has 23 heavy (non-hydrogen) atoms. The largest absolute Gasteiger partial charge is 0.310 e. The van der Waals surface area contributed by atoms with Gasteiger partial charge in [-0.15, -0.1) is 12.4 Å². The minimum absolute atomic E-state index is 0. The molecule has 0 atom stereocenters. The molecule has 124 valence electrons. The lowest BCUT2D eigenvalue weighted by Gasteiger charge is -2.10. The van der Waals surface area contributed by atoms with Crippen LogP contribution in [-0.4, -0.2) is 28.8 Å². The number of nitrogens with zero attached hydrogens (tertiary/aromatic N) is 2. The molecule has 1 amide bonds. The van der Waals surface area contributed by atoms with Gasteiger partial charge in [0.1, 0.15) is 5.82 Å². The lowest BCUT2D eigenvalue weighted by Crippen LogP contribution is -2.30. The Morgan fingerprint density at radius 3 is 2.91 bits per heavy atom. The zero-order valence-electron chi connectivity index (χ0n) is 12.7. The molecule has 0 radical (unpaired) electrons. The lowest BCUT2D eigenvalue weighted by atomic mass is 10.2. The van der Waals surface area contributed by atoms with Gasteiger partial charge < -0.3 is 10.6 Å². The van der Waals surface area contributed by atoms with Crippen molar-refractivity contribution >= 4 is 40.1 Å². The van der Waals surface area contributed by atoms with Crippen LogP contribution in [0.15, 0.2) is 41.0 Å². The third-order valence-corrected chi connectivity index (χ3v) is 4.11. The van der Waals surface area contributed by atoms with E-state index in [-0.39, 0.29) is 18.3 Å². The van der Waals surface area contributed by atoms with Crippen molar-refractivity contribution < 1.29 is 4.79 Å². The average Bonchev–Trinajstić information content (AvgIpc) is 3.21. The highest BCUT2D eigenvalue weighted by Crippen LogP contribution is 2.27. The first-order valence-corrected chi connectivity index (χ1v) is 8.27. The summed E-state index contributed by atoms with van der Waals surface area (Å²) in [5.74, 6) is 1.46. The standard InChI is InChI=1S/C16H19BrN4O.ClH/c17-14-3-1-2-13(8-14)11-21-15(6-7-19-21)20-16(22)10-18-9-12-4-5-12;/h1-3,6-8,12,18H,4-5,9-11H2,(H,20,22);1H. The van der Waals surface area contributed by atoms with Gasteiger partial charge in [-0.25, -0.2) is 4.68 Å². The van der Waals surface area contributed by atoms with Crippen molar-refractivity contribution in [3.63, 3.8) is 0 Å². The van der Waals surface area contributed by atoms with Gasteiger partial charge in [0.05, 0.1) is 19.3 Å². The van der Waals surface area contributed by atoms with Crippen LogP contribution in [0.25, 0.3) is 0 Å². The Morgan fingerprint density at radius 2 is 2.17 bits per heavy atom. The van der Waals surface area contributed by atoms with Gasteiger partial charge in [0.2, 0.25) is 5.91 Å². The summed E-state index contributed by atoms with van der Waals surface area (Å²) >= 11 is 3.46. The van der Waals surface area contributed by atoms with Crippen molar-refractivity contribution in [2.24, 2.45) is 5.92 Å². The third kappa shape index (κ3) is 5.64. The van der Waals surface area contributed by atoms with Gasteiger partial charge in [-0.3, -0.25) is 4.79 Å². The summed E-state index contributed by atoms with van der Waals surface area (Å²) in [5, 5.41) is 10.4. The number of nitrogens with one attached hydrogen (secondary N) is 2. The Hall–Kier alpha value is -1.37. The first kappa shape index (κ1) is 18.0. The van der Waals surface area contributed by atoms with Gasteiger partial charge in [-0.1, -0.05) is 28.1 Å². The summed E-state index contributed by atoms with van der Waals surface area (Å²) in [5.41, 5.74) is 1.13. The molecule has 0 bridgehead atoms. The second-order valence-corrected chi connectivity index (χ2v) is 6.54. The summed E-state index contributed by atoms with van der Waals surface area (Å²) in [4.78, 5) is 11.9. The maximum atomic E-state index is 11.9. The monoisotopic (exact) mass is 398 g/mol. The van der Waals surface area contributed by atoms with Crippen molar-refractivity contribution in [1.82, 2.24) is 15.1 Å². The molecule has 1 aromatic heterocycles. The van der Waals surface area contributed by atoms with Gasteiger partial charge in [-0.2, -0.15) is 5.10 Å². The molecular weight excluding hydrogens is 380 g/mol. The van der Waals surface area contributed by atoms with E-state index in [1.165, 1.54) is 12.8 Å². The highest BCUT2D eigenvalue weighted by molar-refractivity contribution is 9.10. The van der Waals surface area contributed by atoms with Crippen LogP contribution >= 0.6 is 28.3 Å². The number of rotatable bonds is 7. The van der Waals surface area contributed by atoms with E-state index in [0.29, 0.717) is 13.1 Å². The molecule has 1 aromatic carbocycles. The van der Waals surface area contributed by atoms with Crippen molar-refractivity contribution in [3.05, 3.63) is 46.6 Å². The molecule has 1 aliphatic rings. The smallest absolute Gasteiger partial charge is 0.239 e. The summed E-state index contributed by atoms with van der Waals surface area (Å²) in [6.45, 7) is 1.90. The Balaban J connectivity index is 0.00000192. The average molecular weight is 400 g/mol. The molecule has 1 saturated carbocycles. The van der Waals surface area contributed by atoms with Crippen LogP contribution in [-0.2, 0) is 11.3 Å². The van der Waals surface area contributed by atoms with E-state index in [1.54, 1.807) is 10.9 Å². The van der Waals surface area contributed by atoms with E-state index in [9.17, 15) is 4.79 Å². The zero-order chi connectivity index (χ0) is 15.4. The number of halogens is 2. The van der Waals surface area contributed by atoms with Crippen LogP contribution in [0.3, 0.4) is 0 Å². The summed E-state index contributed by atoms with van der Waals surface area (Å²) < 4.78 is 2.83. The van der Waals surface area contributed by atoms with E-state index in [1.807, 2.05) is 30.3 Å². The lowest BCUT2D eigenvalue weighted by molar-refractivity contribution is -0.115.